The molecule has 0 aromatic carbocycles. The van der Waals surface area contributed by atoms with Gasteiger partial charge in [-0.15, -0.1) is 0 Å². The number of piperidine rings is 1. The Morgan fingerprint density at radius 2 is 1.89 bits per heavy atom. The minimum atomic E-state index is 0.304. The topological polar surface area (TPSA) is 70.5 Å². The van der Waals surface area contributed by atoms with Crippen LogP contribution in [0.15, 0.2) is 24.7 Å². The van der Waals surface area contributed by atoms with Crippen molar-refractivity contribution in [2.75, 3.05) is 61.1 Å². The van der Waals surface area contributed by atoms with Gasteiger partial charge >= 0.3 is 0 Å². The van der Waals surface area contributed by atoms with Gasteiger partial charge in [0.25, 0.3) is 0 Å². The van der Waals surface area contributed by atoms with Crippen LogP contribution in [0.5, 0.6) is 0 Å². The Morgan fingerprint density at radius 1 is 1.11 bits per heavy atom. The van der Waals surface area contributed by atoms with E-state index in [0.717, 1.165) is 69.9 Å². The van der Waals surface area contributed by atoms with Crippen molar-refractivity contribution in [1.29, 1.82) is 0 Å². The predicted molar refractivity (Wildman–Crippen MR) is 106 cm³/mol. The summed E-state index contributed by atoms with van der Waals surface area (Å²) >= 11 is 5.91. The lowest BCUT2D eigenvalue weighted by Crippen LogP contribution is -2.48. The molecule has 0 saturated carbocycles. The normalized spacial score (nSPS) is 20.6. The van der Waals surface area contributed by atoms with E-state index < -0.39 is 0 Å². The first kappa shape index (κ1) is 18.2. The summed E-state index contributed by atoms with van der Waals surface area (Å²) in [4.78, 5) is 24.6. The molecule has 8 nitrogen and oxygen atoms in total. The molecule has 1 unspecified atom stereocenters. The Kier molecular flexibility index (Phi) is 5.54. The first-order valence-electron chi connectivity index (χ1n) is 9.32. The van der Waals surface area contributed by atoms with Gasteiger partial charge in [-0.3, -0.25) is 0 Å². The van der Waals surface area contributed by atoms with Gasteiger partial charge in [0.15, 0.2) is 0 Å². The fourth-order valence-electron chi connectivity index (χ4n) is 3.56. The van der Waals surface area contributed by atoms with Gasteiger partial charge in [0.2, 0.25) is 11.9 Å². The molecule has 0 radical (unpaired) electrons. The van der Waals surface area contributed by atoms with Gasteiger partial charge in [-0.2, -0.15) is 4.98 Å². The van der Waals surface area contributed by atoms with Crippen LogP contribution >= 0.6 is 11.6 Å². The fraction of sp³-hybridized carbons (Fsp3) is 0.556. The Hall–Kier alpha value is -2.19. The summed E-state index contributed by atoms with van der Waals surface area (Å²) in [5, 5.41) is 0.553. The van der Waals surface area contributed by atoms with Crippen LogP contribution in [0, 0.1) is 0 Å². The van der Waals surface area contributed by atoms with Crippen molar-refractivity contribution in [2.45, 2.75) is 18.9 Å². The maximum absolute atomic E-state index is 5.91. The number of aromatic nitrogens is 4. The molecule has 9 heteroatoms. The third-order valence-corrected chi connectivity index (χ3v) is 5.31. The van der Waals surface area contributed by atoms with E-state index in [-0.39, 0.29) is 0 Å². The van der Waals surface area contributed by atoms with Gasteiger partial charge in [-0.05, 0) is 18.9 Å². The summed E-state index contributed by atoms with van der Waals surface area (Å²) in [6.45, 7) is 5.00. The van der Waals surface area contributed by atoms with Crippen molar-refractivity contribution in [3.8, 4) is 0 Å². The molecule has 4 rings (SSSR count). The highest BCUT2D eigenvalue weighted by Gasteiger charge is 2.26. The maximum Gasteiger partial charge on any atom is 0.227 e. The number of ether oxygens (including phenoxy) is 1. The molecule has 144 valence electrons. The summed E-state index contributed by atoms with van der Waals surface area (Å²) < 4.78 is 5.43. The van der Waals surface area contributed by atoms with Gasteiger partial charge in [-0.25, -0.2) is 15.0 Å². The van der Waals surface area contributed by atoms with Crippen LogP contribution in [0.3, 0.4) is 0 Å². The van der Waals surface area contributed by atoms with E-state index in [0.29, 0.717) is 11.1 Å². The summed E-state index contributed by atoms with van der Waals surface area (Å²) in [5.74, 6) is 2.44. The molecule has 0 aliphatic carbocycles. The van der Waals surface area contributed by atoms with Crippen molar-refractivity contribution in [3.63, 3.8) is 0 Å². The summed E-state index contributed by atoms with van der Waals surface area (Å²) in [7, 11) is 2.06. The largest absolute Gasteiger partial charge is 0.378 e. The van der Waals surface area contributed by atoms with Gasteiger partial charge in [0, 0.05) is 45.5 Å². The molecule has 2 aliphatic heterocycles. The molecule has 2 aliphatic rings. The second-order valence-electron chi connectivity index (χ2n) is 6.87. The maximum atomic E-state index is 5.91. The number of halogens is 1. The van der Waals surface area contributed by atoms with Crippen molar-refractivity contribution < 1.29 is 4.74 Å². The Morgan fingerprint density at radius 3 is 2.67 bits per heavy atom. The van der Waals surface area contributed by atoms with Crippen molar-refractivity contribution in [2.24, 2.45) is 0 Å². The number of hydrogen-bond donors (Lipinski definition) is 0. The molecule has 2 aromatic heterocycles. The quantitative estimate of drug-likeness (QED) is 0.784. The highest BCUT2D eigenvalue weighted by molar-refractivity contribution is 6.30. The second kappa shape index (κ2) is 8.22. The van der Waals surface area contributed by atoms with Crippen LogP contribution in [0.25, 0.3) is 0 Å². The molecular formula is C18H24ClN7O. The zero-order valence-electron chi connectivity index (χ0n) is 15.5. The molecular weight excluding hydrogens is 366 g/mol. The second-order valence-corrected chi connectivity index (χ2v) is 7.30. The van der Waals surface area contributed by atoms with E-state index in [1.807, 2.05) is 12.3 Å². The lowest BCUT2D eigenvalue weighted by Gasteiger charge is -2.38. The van der Waals surface area contributed by atoms with Gasteiger partial charge < -0.3 is 19.4 Å². The van der Waals surface area contributed by atoms with E-state index in [2.05, 4.69) is 36.7 Å². The van der Waals surface area contributed by atoms with E-state index in [1.165, 1.54) is 0 Å². The molecule has 0 N–H and O–H groups in total. The highest BCUT2D eigenvalue weighted by Crippen LogP contribution is 2.23. The number of nitrogens with zero attached hydrogens (tertiary/aromatic N) is 7. The molecule has 2 fully saturated rings. The first-order chi connectivity index (χ1) is 13.2. The molecule has 1 atom stereocenters. The fourth-order valence-corrected chi connectivity index (χ4v) is 3.66. The van der Waals surface area contributed by atoms with Crippen molar-refractivity contribution in [1.82, 2.24) is 19.9 Å². The average Bonchev–Trinajstić information content (AvgIpc) is 2.74. The minimum Gasteiger partial charge on any atom is -0.378 e. The van der Waals surface area contributed by atoms with Crippen molar-refractivity contribution in [3.05, 3.63) is 29.7 Å². The summed E-state index contributed by atoms with van der Waals surface area (Å²) in [6.07, 6.45) is 7.29. The Balaban J connectivity index is 1.47. The molecule has 0 spiro atoms. The van der Waals surface area contributed by atoms with Crippen molar-refractivity contribution >= 4 is 29.3 Å². The van der Waals surface area contributed by atoms with E-state index in [1.54, 1.807) is 12.4 Å². The lowest BCUT2D eigenvalue weighted by atomic mass is 10.1. The van der Waals surface area contributed by atoms with Crippen LogP contribution < -0.4 is 14.7 Å². The SMILES string of the molecule is CN(c1nccc(N2CCOCC2)n1)C1CCCN(c2ncc(Cl)cn2)C1. The molecule has 4 heterocycles. The Bertz CT molecular complexity index is 754. The van der Waals surface area contributed by atoms with Crippen LogP contribution in [0.2, 0.25) is 5.02 Å². The zero-order valence-corrected chi connectivity index (χ0v) is 16.2. The summed E-state index contributed by atoms with van der Waals surface area (Å²) in [6, 6.07) is 2.27. The molecule has 0 bridgehead atoms. The number of anilines is 3. The van der Waals surface area contributed by atoms with Crippen LogP contribution in [-0.2, 0) is 4.74 Å². The third-order valence-electron chi connectivity index (χ3n) is 5.11. The lowest BCUT2D eigenvalue weighted by molar-refractivity contribution is 0.122. The number of morpholine rings is 1. The molecule has 0 amide bonds. The number of likely N-dealkylation sites (N-methyl/N-ethyl adjacent to an activating group) is 1. The third kappa shape index (κ3) is 4.22. The van der Waals surface area contributed by atoms with Gasteiger partial charge in [0.05, 0.1) is 30.6 Å². The predicted octanol–water partition coefficient (Wildman–Crippen LogP) is 1.86. The van der Waals surface area contributed by atoms with E-state index in [4.69, 9.17) is 21.3 Å². The first-order valence-corrected chi connectivity index (χ1v) is 9.69. The monoisotopic (exact) mass is 389 g/mol. The number of hydrogen-bond acceptors (Lipinski definition) is 8. The summed E-state index contributed by atoms with van der Waals surface area (Å²) in [5.41, 5.74) is 0. The molecule has 27 heavy (non-hydrogen) atoms. The average molecular weight is 390 g/mol. The molecule has 2 aromatic rings. The van der Waals surface area contributed by atoms with Crippen LogP contribution in [0.4, 0.5) is 17.7 Å². The highest BCUT2D eigenvalue weighted by atomic mass is 35.5. The zero-order chi connectivity index (χ0) is 18.6. The van der Waals surface area contributed by atoms with E-state index >= 15 is 0 Å². The van der Waals surface area contributed by atoms with Gasteiger partial charge in [0.1, 0.15) is 5.82 Å². The standard InChI is InChI=1S/C18H24ClN7O/c1-24(18-20-5-4-16(23-18)25-7-9-27-10-8-25)15-3-2-6-26(13-15)17-21-11-14(19)12-22-17/h4-5,11-12,15H,2-3,6-10,13H2,1H3. The van der Waals surface area contributed by atoms with Gasteiger partial charge in [-0.1, -0.05) is 11.6 Å². The number of rotatable bonds is 4. The van der Waals surface area contributed by atoms with Crippen LogP contribution in [-0.4, -0.2) is 72.4 Å². The van der Waals surface area contributed by atoms with Crippen LogP contribution in [0.1, 0.15) is 12.8 Å². The smallest absolute Gasteiger partial charge is 0.227 e. The minimum absolute atomic E-state index is 0.304. The molecule has 2 saturated heterocycles. The Labute approximate surface area is 164 Å². The van der Waals surface area contributed by atoms with E-state index in [9.17, 15) is 0 Å².